The monoisotopic (exact) mass is 256 g/mol. The van der Waals surface area contributed by atoms with Gasteiger partial charge in [-0.15, -0.1) is 0 Å². The molecule has 0 aliphatic heterocycles. The van der Waals surface area contributed by atoms with Crippen molar-refractivity contribution in [1.82, 2.24) is 0 Å². The molecule has 0 aliphatic carbocycles. The van der Waals surface area contributed by atoms with Gasteiger partial charge in [-0.25, -0.2) is 24.3 Å². The van der Waals surface area contributed by atoms with E-state index < -0.39 is 0 Å². The van der Waals surface area contributed by atoms with Crippen LogP contribution in [0.1, 0.15) is 0 Å². The van der Waals surface area contributed by atoms with Crippen molar-refractivity contribution in [2.24, 2.45) is 0 Å². The van der Waals surface area contributed by atoms with E-state index in [2.05, 4.69) is 0 Å². The van der Waals surface area contributed by atoms with Crippen LogP contribution in [0.2, 0.25) is 0 Å². The first-order valence-corrected chi connectivity index (χ1v) is 6.64. The van der Waals surface area contributed by atoms with Gasteiger partial charge < -0.3 is 0 Å². The fourth-order valence-electron chi connectivity index (χ4n) is 0.642. The molecular formula is C10H10Cl2Fe-2. The minimum absolute atomic E-state index is 0.194. The van der Waals surface area contributed by atoms with E-state index in [1.165, 1.54) is 0 Å². The predicted octanol–water partition coefficient (Wildman–Crippen LogP) is 4.19. The average molecular weight is 257 g/mol. The second kappa shape index (κ2) is 11.8. The van der Waals surface area contributed by atoms with Gasteiger partial charge in [-0.3, -0.25) is 0 Å². The Hall–Kier alpha value is -0.201. The van der Waals surface area contributed by atoms with Crippen LogP contribution in [0.25, 0.3) is 0 Å². The van der Waals surface area contributed by atoms with Gasteiger partial charge >= 0.3 is 33.3 Å². The molecule has 0 spiro atoms. The Balaban J connectivity index is 0.000000174. The van der Waals surface area contributed by atoms with Crippen LogP contribution in [0.5, 0.6) is 0 Å². The van der Waals surface area contributed by atoms with Gasteiger partial charge in [0.2, 0.25) is 0 Å². The van der Waals surface area contributed by atoms with Crippen LogP contribution in [0.15, 0.2) is 60.7 Å². The van der Waals surface area contributed by atoms with E-state index >= 15 is 0 Å². The Labute approximate surface area is 93.8 Å². The summed E-state index contributed by atoms with van der Waals surface area (Å²) in [7, 11) is 9.53. The smallest absolute Gasteiger partial charge is 0.172 e. The van der Waals surface area contributed by atoms with Gasteiger partial charge in [0.25, 0.3) is 0 Å². The van der Waals surface area contributed by atoms with Crippen LogP contribution in [0.4, 0.5) is 0 Å². The summed E-state index contributed by atoms with van der Waals surface area (Å²) in [6.45, 7) is 0. The molecule has 3 heteroatoms. The van der Waals surface area contributed by atoms with E-state index in [9.17, 15) is 0 Å². The van der Waals surface area contributed by atoms with Gasteiger partial charge in [-0.1, -0.05) is 0 Å². The van der Waals surface area contributed by atoms with Gasteiger partial charge in [0.1, 0.15) is 0 Å². The van der Waals surface area contributed by atoms with Crippen LogP contribution < -0.4 is 0 Å². The molecule has 2 aromatic carbocycles. The molecule has 0 heterocycles. The van der Waals surface area contributed by atoms with E-state index in [-0.39, 0.29) is 13.1 Å². The van der Waals surface area contributed by atoms with Crippen LogP contribution in [-0.4, -0.2) is 0 Å². The Morgan fingerprint density at radius 3 is 1.00 bits per heavy atom. The molecule has 0 fully saturated rings. The number of rotatable bonds is 0. The summed E-state index contributed by atoms with van der Waals surface area (Å²) < 4.78 is 0. The molecule has 0 N–H and O–H groups in total. The number of hydrogen-bond acceptors (Lipinski definition) is 0. The molecule has 13 heavy (non-hydrogen) atoms. The largest absolute Gasteiger partial charge is 0.214 e. The first-order chi connectivity index (χ1) is 6.41. The van der Waals surface area contributed by atoms with Gasteiger partial charge in [-0.05, 0) is 0 Å². The summed E-state index contributed by atoms with van der Waals surface area (Å²) in [5, 5.41) is 0. The fourth-order valence-corrected chi connectivity index (χ4v) is 0.642. The summed E-state index contributed by atoms with van der Waals surface area (Å²) in [4.78, 5) is 0. The maximum atomic E-state index is 4.76. The average Bonchev–Trinajstić information content (AvgIpc) is 2.85. The van der Waals surface area contributed by atoms with Crippen molar-refractivity contribution in [3.05, 3.63) is 60.7 Å². The van der Waals surface area contributed by atoms with Gasteiger partial charge in [-0.2, -0.15) is 36.4 Å². The second-order valence-electron chi connectivity index (χ2n) is 1.98. The topological polar surface area (TPSA) is 0 Å². The zero-order chi connectivity index (χ0) is 9.78. The molecular weight excluding hydrogens is 247 g/mol. The molecule has 0 aromatic heterocycles. The normalized spacial score (nSPS) is 7.85. The summed E-state index contributed by atoms with van der Waals surface area (Å²) in [6.07, 6.45) is 0. The van der Waals surface area contributed by atoms with Crippen LogP contribution in [0.3, 0.4) is 0 Å². The summed E-state index contributed by atoms with van der Waals surface area (Å²) in [6, 6.07) is 20.0. The van der Waals surface area contributed by atoms with Crippen LogP contribution in [-0.2, 0) is 13.1 Å². The van der Waals surface area contributed by atoms with Crippen molar-refractivity contribution in [3.63, 3.8) is 0 Å². The molecule has 0 unspecified atom stereocenters. The molecule has 74 valence electrons. The summed E-state index contributed by atoms with van der Waals surface area (Å²) in [5.41, 5.74) is 0. The van der Waals surface area contributed by atoms with E-state index in [1.807, 2.05) is 60.7 Å². The van der Waals surface area contributed by atoms with Crippen molar-refractivity contribution in [2.45, 2.75) is 0 Å². The third-order valence-corrected chi connectivity index (χ3v) is 1.11. The minimum atomic E-state index is 0.194. The molecule has 0 saturated carbocycles. The van der Waals surface area contributed by atoms with Gasteiger partial charge in [0, 0.05) is 0 Å². The number of halogens is 2. The van der Waals surface area contributed by atoms with Crippen molar-refractivity contribution in [3.8, 4) is 0 Å². The summed E-state index contributed by atoms with van der Waals surface area (Å²) in [5.74, 6) is 0. The zero-order valence-corrected chi connectivity index (χ0v) is 9.50. The maximum Gasteiger partial charge on any atom is -0.172 e. The molecule has 2 rings (SSSR count). The van der Waals surface area contributed by atoms with E-state index in [1.54, 1.807) is 0 Å². The quantitative estimate of drug-likeness (QED) is 0.490. The third-order valence-electron chi connectivity index (χ3n) is 1.11. The second-order valence-corrected chi connectivity index (χ2v) is 3.80. The van der Waals surface area contributed by atoms with Crippen LogP contribution in [0, 0.1) is 0 Å². The van der Waals surface area contributed by atoms with Crippen LogP contribution >= 0.6 is 20.2 Å². The van der Waals surface area contributed by atoms with Gasteiger partial charge in [0.05, 0.1) is 0 Å². The van der Waals surface area contributed by atoms with Crippen molar-refractivity contribution < 1.29 is 13.1 Å². The SMILES string of the molecule is [Cl][Fe][Cl].c1cc[cH-]c1.c1cc[cH-]c1. The third kappa shape index (κ3) is 11.8. The van der Waals surface area contributed by atoms with Crippen molar-refractivity contribution in [1.29, 1.82) is 0 Å². The molecule has 0 radical (unpaired) electrons. The molecule has 0 amide bonds. The maximum absolute atomic E-state index is 4.76. The molecule has 2 aromatic rings. The Morgan fingerprint density at radius 1 is 0.692 bits per heavy atom. The molecule has 0 bridgehead atoms. The van der Waals surface area contributed by atoms with E-state index in [0.717, 1.165) is 0 Å². The van der Waals surface area contributed by atoms with E-state index in [0.29, 0.717) is 0 Å². The first kappa shape index (κ1) is 12.8. The summed E-state index contributed by atoms with van der Waals surface area (Å²) >= 11 is 0.194. The van der Waals surface area contributed by atoms with Crippen molar-refractivity contribution in [2.75, 3.05) is 0 Å². The Bertz CT molecular complexity index is 165. The predicted molar refractivity (Wildman–Crippen MR) is 55.8 cm³/mol. The molecule has 0 nitrogen and oxygen atoms in total. The van der Waals surface area contributed by atoms with Gasteiger partial charge in [0.15, 0.2) is 0 Å². The molecule has 0 saturated heterocycles. The Kier molecular flexibility index (Phi) is 11.6. The fraction of sp³-hybridized carbons (Fsp3) is 0. The standard InChI is InChI=1S/2C5H5.2ClH.Fe/c2*1-2-4-5-3-1;;;/h2*1-5H;2*1H;/q2*-1;;;+2/p-2. The minimum Gasteiger partial charge on any atom is -0.214 e. The molecule has 0 atom stereocenters. The Morgan fingerprint density at radius 2 is 0.923 bits per heavy atom. The number of hydrogen-bond donors (Lipinski definition) is 0. The molecule has 0 aliphatic rings. The zero-order valence-electron chi connectivity index (χ0n) is 6.88. The first-order valence-electron chi connectivity index (χ1n) is 3.60. The van der Waals surface area contributed by atoms with Crippen molar-refractivity contribution >= 4 is 20.2 Å². The van der Waals surface area contributed by atoms with E-state index in [4.69, 9.17) is 20.2 Å².